The molecule has 0 aromatic heterocycles. The van der Waals surface area contributed by atoms with Crippen LogP contribution in [0.15, 0.2) is 17.9 Å². The van der Waals surface area contributed by atoms with Crippen molar-refractivity contribution in [1.82, 2.24) is 0 Å². The van der Waals surface area contributed by atoms with E-state index in [-0.39, 0.29) is 0 Å². The van der Waals surface area contributed by atoms with Gasteiger partial charge in [0.25, 0.3) is 0 Å². The van der Waals surface area contributed by atoms with Crippen molar-refractivity contribution in [3.05, 3.63) is 17.9 Å². The van der Waals surface area contributed by atoms with Gasteiger partial charge < -0.3 is 4.84 Å². The van der Waals surface area contributed by atoms with Gasteiger partial charge in [0.2, 0.25) is 0 Å². The molecule has 2 N–H and O–H groups in total. The molecule has 0 aliphatic carbocycles. The van der Waals surface area contributed by atoms with Gasteiger partial charge in [-0.3, -0.25) is 0 Å². The minimum Gasteiger partial charge on any atom is -0.370 e. The summed E-state index contributed by atoms with van der Waals surface area (Å²) in [6.07, 6.45) is 2.69. The Hall–Kier alpha value is -1.05. The first-order valence-corrected chi connectivity index (χ1v) is 2.09. The molecule has 3 heteroatoms. The molecular weight excluding hydrogens is 106 g/mol. The topological polar surface area (TPSA) is 52.3 Å². The van der Waals surface area contributed by atoms with Crippen molar-refractivity contribution < 1.29 is 9.63 Å². The summed E-state index contributed by atoms with van der Waals surface area (Å²) in [5.41, 5.74) is 2.49. The van der Waals surface area contributed by atoms with E-state index in [2.05, 4.69) is 16.5 Å². The average Bonchev–Trinajstić information content (AvgIpc) is 1.83. The van der Waals surface area contributed by atoms with E-state index < -0.39 is 5.97 Å². The molecule has 0 rings (SSSR count). The van der Waals surface area contributed by atoms with Crippen LogP contribution in [0.3, 0.4) is 0 Å². The third-order valence-electron chi connectivity index (χ3n) is 0.484. The van der Waals surface area contributed by atoms with Gasteiger partial charge in [0.1, 0.15) is 0 Å². The number of carbonyl (C=O) groups excluding carboxylic acids is 1. The Balaban J connectivity index is 3.71. The van der Waals surface area contributed by atoms with E-state index >= 15 is 0 Å². The van der Waals surface area contributed by atoms with Gasteiger partial charge in [0.15, 0.2) is 0 Å². The van der Waals surface area contributed by atoms with E-state index in [1.54, 1.807) is 13.0 Å². The van der Waals surface area contributed by atoms with Gasteiger partial charge in [0.05, 0.1) is 6.08 Å². The lowest BCUT2D eigenvalue weighted by Gasteiger charge is -1.82. The largest absolute Gasteiger partial charge is 0.370 e. The minimum atomic E-state index is -0.594. The fraction of sp³-hybridized carbons (Fsp3) is 0.200. The maximum Gasteiger partial charge on any atom is 0.357 e. The predicted octanol–water partition coefficient (Wildman–Crippen LogP) is 0.135. The second-order valence-electron chi connectivity index (χ2n) is 1.04. The zero-order valence-corrected chi connectivity index (χ0v) is 4.55. The summed E-state index contributed by atoms with van der Waals surface area (Å²) >= 11 is 0. The van der Waals surface area contributed by atoms with Crippen molar-refractivity contribution in [2.24, 2.45) is 5.90 Å². The highest BCUT2D eigenvalue weighted by Gasteiger charge is 1.86. The molecule has 0 aliphatic rings. The van der Waals surface area contributed by atoms with Crippen LogP contribution in [0, 0.1) is 0 Å². The fourth-order valence-electron chi connectivity index (χ4n) is 0.185. The molecule has 0 aromatic carbocycles. The molecule has 0 aliphatic heterocycles. The Morgan fingerprint density at radius 2 is 2.50 bits per heavy atom. The van der Waals surface area contributed by atoms with Crippen molar-refractivity contribution in [2.45, 2.75) is 6.92 Å². The number of carbonyl (C=O) groups is 1. The standard InChI is InChI=1S/C5H7NO2/c1-2-3-4-5(7)8-6/h2,4H,6H2,1H3. The van der Waals surface area contributed by atoms with E-state index in [1.807, 2.05) is 0 Å². The second kappa shape index (κ2) is 4.12. The highest BCUT2D eigenvalue weighted by molar-refractivity contribution is 5.81. The first kappa shape index (κ1) is 6.95. The Kier molecular flexibility index (Phi) is 3.58. The monoisotopic (exact) mass is 113 g/mol. The number of nitrogens with two attached hydrogens (primary N) is 1. The van der Waals surface area contributed by atoms with Crippen molar-refractivity contribution >= 4 is 5.97 Å². The summed E-state index contributed by atoms with van der Waals surface area (Å²) in [7, 11) is 0. The third-order valence-corrected chi connectivity index (χ3v) is 0.484. The molecule has 0 atom stereocenters. The van der Waals surface area contributed by atoms with Gasteiger partial charge in [-0.15, -0.1) is 5.73 Å². The lowest BCUT2D eigenvalue weighted by Crippen LogP contribution is -2.05. The van der Waals surface area contributed by atoms with E-state index in [0.29, 0.717) is 0 Å². The Morgan fingerprint density at radius 1 is 1.88 bits per heavy atom. The van der Waals surface area contributed by atoms with Crippen LogP contribution < -0.4 is 5.90 Å². The number of rotatable bonds is 1. The normalized spacial score (nSPS) is 6.75. The van der Waals surface area contributed by atoms with Crippen molar-refractivity contribution in [1.29, 1.82) is 0 Å². The summed E-state index contributed by atoms with van der Waals surface area (Å²) < 4.78 is 0. The summed E-state index contributed by atoms with van der Waals surface area (Å²) in [5.74, 6) is 3.88. The van der Waals surface area contributed by atoms with E-state index in [4.69, 9.17) is 0 Å². The molecule has 0 saturated heterocycles. The van der Waals surface area contributed by atoms with Crippen LogP contribution in [0.4, 0.5) is 0 Å². The van der Waals surface area contributed by atoms with Gasteiger partial charge in [-0.05, 0) is 13.0 Å². The van der Waals surface area contributed by atoms with Crippen LogP contribution in [0.25, 0.3) is 0 Å². The van der Waals surface area contributed by atoms with Crippen LogP contribution in [0.2, 0.25) is 0 Å². The van der Waals surface area contributed by atoms with Crippen molar-refractivity contribution in [3.63, 3.8) is 0 Å². The number of hydrogen-bond acceptors (Lipinski definition) is 3. The molecule has 0 unspecified atom stereocenters. The summed E-state index contributed by atoms with van der Waals surface area (Å²) in [5, 5.41) is 0. The van der Waals surface area contributed by atoms with Crippen molar-refractivity contribution in [2.75, 3.05) is 0 Å². The van der Waals surface area contributed by atoms with E-state index in [9.17, 15) is 4.79 Å². The van der Waals surface area contributed by atoms with Gasteiger partial charge in [-0.1, -0.05) is 0 Å². The minimum absolute atomic E-state index is 0.594. The average molecular weight is 113 g/mol. The Bertz CT molecular complexity index is 133. The highest BCUT2D eigenvalue weighted by Crippen LogP contribution is 1.69. The maximum atomic E-state index is 10.1. The molecule has 0 bridgehead atoms. The summed E-state index contributed by atoms with van der Waals surface area (Å²) in [6.45, 7) is 1.74. The second-order valence-corrected chi connectivity index (χ2v) is 1.04. The quantitative estimate of drug-likeness (QED) is 0.299. The molecule has 0 fully saturated rings. The van der Waals surface area contributed by atoms with Gasteiger partial charge in [-0.2, -0.15) is 5.90 Å². The zero-order valence-electron chi connectivity index (χ0n) is 4.55. The van der Waals surface area contributed by atoms with Gasteiger partial charge >= 0.3 is 5.97 Å². The Morgan fingerprint density at radius 3 is 2.88 bits per heavy atom. The fourth-order valence-corrected chi connectivity index (χ4v) is 0.185. The van der Waals surface area contributed by atoms with Crippen molar-refractivity contribution in [3.8, 4) is 0 Å². The molecule has 0 amide bonds. The summed E-state index contributed by atoms with van der Waals surface area (Å²) in [6, 6.07) is 0. The Labute approximate surface area is 47.4 Å². The van der Waals surface area contributed by atoms with Crippen LogP contribution in [0.5, 0.6) is 0 Å². The first-order chi connectivity index (χ1) is 3.81. The molecule has 8 heavy (non-hydrogen) atoms. The molecule has 0 heterocycles. The maximum absolute atomic E-state index is 10.1. The smallest absolute Gasteiger partial charge is 0.357 e. The zero-order chi connectivity index (χ0) is 6.41. The molecule has 0 spiro atoms. The summed E-state index contributed by atoms with van der Waals surface area (Å²) in [4.78, 5) is 13.9. The van der Waals surface area contributed by atoms with Gasteiger partial charge in [-0.25, -0.2) is 4.79 Å². The predicted molar refractivity (Wildman–Crippen MR) is 28.6 cm³/mol. The third kappa shape index (κ3) is 3.15. The number of hydrogen-bond donors (Lipinski definition) is 1. The van der Waals surface area contributed by atoms with Crippen LogP contribution in [-0.4, -0.2) is 5.97 Å². The van der Waals surface area contributed by atoms with E-state index in [1.165, 1.54) is 0 Å². The SMILES string of the molecule is CC=C=CC(=O)ON. The van der Waals surface area contributed by atoms with Gasteiger partial charge in [0, 0.05) is 0 Å². The molecule has 3 nitrogen and oxygen atoms in total. The molecule has 0 radical (unpaired) electrons. The molecule has 0 saturated carbocycles. The van der Waals surface area contributed by atoms with E-state index in [0.717, 1.165) is 6.08 Å². The molecule has 44 valence electrons. The van der Waals surface area contributed by atoms with Crippen LogP contribution in [-0.2, 0) is 9.63 Å². The first-order valence-electron chi connectivity index (χ1n) is 2.09. The van der Waals surface area contributed by atoms with Crippen LogP contribution >= 0.6 is 0 Å². The highest BCUT2D eigenvalue weighted by atomic mass is 16.7. The lowest BCUT2D eigenvalue weighted by atomic mass is 10.6. The molecular formula is C5H7NO2. The lowest BCUT2D eigenvalue weighted by molar-refractivity contribution is -0.138. The van der Waals surface area contributed by atoms with Crippen LogP contribution in [0.1, 0.15) is 6.92 Å². The molecule has 0 aromatic rings.